The van der Waals surface area contributed by atoms with E-state index in [1.807, 2.05) is 6.07 Å². The van der Waals surface area contributed by atoms with Gasteiger partial charge in [-0.15, -0.1) is 23.4 Å². The van der Waals surface area contributed by atoms with Crippen LogP contribution < -0.4 is 0 Å². The molecule has 3 heteroatoms. The predicted octanol–water partition coefficient (Wildman–Crippen LogP) is 5.36. The molecule has 2 rings (SSSR count). The average Bonchev–Trinajstić information content (AvgIpc) is 2.56. The van der Waals surface area contributed by atoms with Gasteiger partial charge in [0.2, 0.25) is 0 Å². The van der Waals surface area contributed by atoms with E-state index >= 15 is 0 Å². The van der Waals surface area contributed by atoms with Crippen LogP contribution in [0.4, 0.5) is 0 Å². The van der Waals surface area contributed by atoms with Gasteiger partial charge in [-0.25, -0.2) is 0 Å². The van der Waals surface area contributed by atoms with Gasteiger partial charge in [-0.05, 0) is 12.0 Å². The minimum Gasteiger partial charge on any atom is -0.112 e. The number of benzene rings is 1. The van der Waals surface area contributed by atoms with Crippen LogP contribution in [0.5, 0.6) is 0 Å². The highest BCUT2D eigenvalue weighted by Gasteiger charge is 2.41. The van der Waals surface area contributed by atoms with E-state index in [-0.39, 0.29) is 7.86 Å². The third-order valence-corrected chi connectivity index (χ3v) is 5.74. The fourth-order valence-electron chi connectivity index (χ4n) is 2.04. The molecule has 0 saturated heterocycles. The van der Waals surface area contributed by atoms with Crippen molar-refractivity contribution >= 4 is 39.3 Å². The Balaban J connectivity index is 2.06. The van der Waals surface area contributed by atoms with Gasteiger partial charge < -0.3 is 0 Å². The molecule has 1 heterocycles. The lowest BCUT2D eigenvalue weighted by atomic mass is 10.1. The summed E-state index contributed by atoms with van der Waals surface area (Å²) in [7, 11) is 0. The van der Waals surface area contributed by atoms with Gasteiger partial charge in [0.05, 0.1) is 3.66 Å². The summed E-state index contributed by atoms with van der Waals surface area (Å²) in [6.07, 6.45) is 7.47. The number of thioether (sulfide) groups is 1. The van der Waals surface area contributed by atoms with Crippen LogP contribution in [0.3, 0.4) is 0 Å². The first kappa shape index (κ1) is 13.5. The number of hydrogen-bond acceptors (Lipinski definition) is 1. The number of alkyl halides is 2. The Morgan fingerprint density at radius 2 is 1.94 bits per heavy atom. The van der Waals surface area contributed by atoms with Crippen LogP contribution in [-0.2, 0) is 6.42 Å². The maximum Gasteiger partial charge on any atom is 0.113 e. The molecule has 17 heavy (non-hydrogen) atoms. The topological polar surface area (TPSA) is 0 Å². The highest BCUT2D eigenvalue weighted by atomic mass is 79.9. The minimum atomic E-state index is -0.306. The van der Waals surface area contributed by atoms with Crippen molar-refractivity contribution in [2.75, 3.05) is 0 Å². The quantitative estimate of drug-likeness (QED) is 0.529. The van der Waals surface area contributed by atoms with E-state index in [4.69, 9.17) is 11.6 Å². The Morgan fingerprint density at radius 1 is 1.24 bits per heavy atom. The van der Waals surface area contributed by atoms with E-state index in [9.17, 15) is 0 Å². The van der Waals surface area contributed by atoms with Crippen molar-refractivity contribution < 1.29 is 0 Å². The van der Waals surface area contributed by atoms with Crippen molar-refractivity contribution in [2.24, 2.45) is 0 Å². The van der Waals surface area contributed by atoms with Crippen LogP contribution in [0.15, 0.2) is 42.5 Å². The van der Waals surface area contributed by atoms with Gasteiger partial charge in [-0.1, -0.05) is 71.8 Å². The maximum absolute atomic E-state index is 6.67. The summed E-state index contributed by atoms with van der Waals surface area (Å²) < 4.78 is -0.279. The Bertz CT molecular complexity index is 406. The Kier molecular flexibility index (Phi) is 4.27. The van der Waals surface area contributed by atoms with Gasteiger partial charge in [0.15, 0.2) is 0 Å². The molecule has 0 N–H and O–H groups in total. The summed E-state index contributed by atoms with van der Waals surface area (Å²) in [5, 5.41) is 0. The Morgan fingerprint density at radius 3 is 2.59 bits per heavy atom. The van der Waals surface area contributed by atoms with Gasteiger partial charge in [0, 0.05) is 6.42 Å². The van der Waals surface area contributed by atoms with Crippen LogP contribution in [0.25, 0.3) is 0 Å². The normalized spacial score (nSPS) is 31.9. The number of hydrogen-bond donors (Lipinski definition) is 0. The summed E-state index contributed by atoms with van der Waals surface area (Å²) in [6.45, 7) is 2.20. The third-order valence-electron chi connectivity index (χ3n) is 2.80. The van der Waals surface area contributed by atoms with Crippen LogP contribution in [0.1, 0.15) is 25.3 Å². The highest BCUT2D eigenvalue weighted by Crippen LogP contribution is 2.54. The maximum atomic E-state index is 6.67. The van der Waals surface area contributed by atoms with E-state index in [1.165, 1.54) is 5.56 Å². The molecule has 0 fully saturated rings. The van der Waals surface area contributed by atoms with E-state index in [0.717, 1.165) is 19.3 Å². The molecule has 1 aromatic carbocycles. The second kappa shape index (κ2) is 5.38. The van der Waals surface area contributed by atoms with Crippen LogP contribution in [-0.4, -0.2) is 7.86 Å². The zero-order valence-corrected chi connectivity index (χ0v) is 13.0. The molecular weight excluding hydrogens is 316 g/mol. The average molecular weight is 332 g/mol. The van der Waals surface area contributed by atoms with Crippen LogP contribution in [0, 0.1) is 0 Å². The molecule has 1 aromatic rings. The summed E-state index contributed by atoms with van der Waals surface area (Å²) in [5.41, 5.74) is 1.29. The fraction of sp³-hybridized carbons (Fsp3) is 0.429. The number of rotatable bonds is 4. The van der Waals surface area contributed by atoms with Crippen LogP contribution in [0.2, 0.25) is 0 Å². The summed E-state index contributed by atoms with van der Waals surface area (Å²) in [5.74, 6) is 0. The monoisotopic (exact) mass is 330 g/mol. The van der Waals surface area contributed by atoms with Crippen molar-refractivity contribution in [1.82, 2.24) is 0 Å². The molecule has 2 atom stereocenters. The zero-order valence-electron chi connectivity index (χ0n) is 9.83. The smallest absolute Gasteiger partial charge is 0.112 e. The van der Waals surface area contributed by atoms with Crippen molar-refractivity contribution in [3.8, 4) is 0 Å². The molecule has 0 aromatic heterocycles. The lowest BCUT2D eigenvalue weighted by Crippen LogP contribution is -2.19. The molecule has 0 amide bonds. The van der Waals surface area contributed by atoms with Gasteiger partial charge in [0.1, 0.15) is 4.21 Å². The summed E-state index contributed by atoms with van der Waals surface area (Å²) in [4.78, 5) is 0. The minimum absolute atomic E-state index is 0.0261. The van der Waals surface area contributed by atoms with Crippen molar-refractivity contribution in [3.63, 3.8) is 0 Å². The van der Waals surface area contributed by atoms with Gasteiger partial charge in [-0.2, -0.15) is 0 Å². The Hall–Kier alpha value is 0.0800. The van der Waals surface area contributed by atoms with Crippen molar-refractivity contribution in [3.05, 3.63) is 48.0 Å². The second-order valence-electron chi connectivity index (χ2n) is 4.42. The summed E-state index contributed by atoms with van der Waals surface area (Å²) >= 11 is 12.3. The standard InChI is InChI=1S/C14H16BrClS/c1-2-8-13(15)9-10-14(16,17-13)11-12-6-4-3-5-7-12/h3-7,9-10H,2,8,11H2,1H3. The lowest BCUT2D eigenvalue weighted by molar-refractivity contribution is 0.805. The molecule has 0 radical (unpaired) electrons. The van der Waals surface area contributed by atoms with E-state index in [0.29, 0.717) is 0 Å². The molecule has 1 aliphatic rings. The molecule has 0 spiro atoms. The highest BCUT2D eigenvalue weighted by molar-refractivity contribution is 9.12. The molecule has 1 aliphatic heterocycles. The molecule has 0 bridgehead atoms. The third kappa shape index (κ3) is 3.52. The SMILES string of the molecule is CCCC1(Br)C=CC(Cl)(Cc2ccccc2)S1. The largest absolute Gasteiger partial charge is 0.113 e. The number of halogens is 2. The summed E-state index contributed by atoms with van der Waals surface area (Å²) in [6, 6.07) is 10.4. The predicted molar refractivity (Wildman–Crippen MR) is 82.0 cm³/mol. The van der Waals surface area contributed by atoms with E-state index in [1.54, 1.807) is 11.8 Å². The molecule has 0 saturated carbocycles. The van der Waals surface area contributed by atoms with Crippen molar-refractivity contribution in [2.45, 2.75) is 34.0 Å². The van der Waals surface area contributed by atoms with Gasteiger partial charge in [0.25, 0.3) is 0 Å². The van der Waals surface area contributed by atoms with Crippen LogP contribution >= 0.6 is 39.3 Å². The van der Waals surface area contributed by atoms with E-state index in [2.05, 4.69) is 59.3 Å². The zero-order chi connectivity index (χ0) is 12.4. The molecule has 92 valence electrons. The first-order valence-corrected chi connectivity index (χ1v) is 7.86. The Labute approximate surface area is 121 Å². The van der Waals surface area contributed by atoms with Crippen molar-refractivity contribution in [1.29, 1.82) is 0 Å². The second-order valence-corrected chi connectivity index (χ2v) is 8.92. The lowest BCUT2D eigenvalue weighted by Gasteiger charge is -2.25. The first-order valence-electron chi connectivity index (χ1n) is 5.88. The molecule has 0 aliphatic carbocycles. The molecule has 2 unspecified atom stereocenters. The molecular formula is C14H16BrClS. The van der Waals surface area contributed by atoms with Gasteiger partial charge in [-0.3, -0.25) is 0 Å². The van der Waals surface area contributed by atoms with E-state index < -0.39 is 0 Å². The van der Waals surface area contributed by atoms with Gasteiger partial charge >= 0.3 is 0 Å². The first-order chi connectivity index (χ1) is 8.05. The molecule has 0 nitrogen and oxygen atoms in total. The fourth-order valence-corrected chi connectivity index (χ4v) is 5.73.